The Hall–Kier alpha value is -2.70. The van der Waals surface area contributed by atoms with Gasteiger partial charge in [-0.1, -0.05) is 41.9 Å². The first-order chi connectivity index (χ1) is 12.6. The zero-order valence-corrected chi connectivity index (χ0v) is 15.7. The van der Waals surface area contributed by atoms with Crippen LogP contribution in [0.25, 0.3) is 0 Å². The number of anilines is 3. The lowest BCUT2D eigenvalue weighted by molar-refractivity contribution is 0.722. The Kier molecular flexibility index (Phi) is 5.99. The first kappa shape index (κ1) is 18.1. The van der Waals surface area contributed by atoms with Crippen molar-refractivity contribution in [3.8, 4) is 0 Å². The van der Waals surface area contributed by atoms with E-state index in [0.717, 1.165) is 11.4 Å². The summed E-state index contributed by atoms with van der Waals surface area (Å²) in [6, 6.07) is 21.5. The second kappa shape index (κ2) is 8.60. The molecule has 2 aromatic carbocycles. The van der Waals surface area contributed by atoms with Crippen LogP contribution in [-0.4, -0.2) is 15.3 Å². The van der Waals surface area contributed by atoms with Crippen molar-refractivity contribution in [3.63, 3.8) is 0 Å². The van der Waals surface area contributed by atoms with Crippen molar-refractivity contribution in [1.82, 2.24) is 15.5 Å². The first-order valence-electron chi connectivity index (χ1n) is 8.09. The molecular formula is C19H18ClN5S. The molecule has 26 heavy (non-hydrogen) atoms. The average molecular weight is 384 g/mol. The molecule has 0 aliphatic heterocycles. The molecule has 1 atom stereocenters. The lowest BCUT2D eigenvalue weighted by Crippen LogP contribution is -2.30. The van der Waals surface area contributed by atoms with E-state index >= 15 is 0 Å². The standard InChI is InChI=1S/C19H18ClN5S/c1-13(14-5-3-2-4-6-14)21-19(26)23-16-9-7-15(8-10-16)22-18-12-11-17(20)24-25-18/h2-13H,1H3,(H,22,25)(H2,21,23,26). The molecule has 0 saturated heterocycles. The van der Waals surface area contributed by atoms with Gasteiger partial charge in [-0.15, -0.1) is 10.2 Å². The third-order valence-electron chi connectivity index (χ3n) is 3.69. The van der Waals surface area contributed by atoms with Crippen molar-refractivity contribution in [2.24, 2.45) is 0 Å². The normalized spacial score (nSPS) is 11.5. The minimum Gasteiger partial charge on any atom is -0.356 e. The maximum absolute atomic E-state index is 5.73. The van der Waals surface area contributed by atoms with Crippen molar-refractivity contribution in [2.75, 3.05) is 10.6 Å². The maximum atomic E-state index is 5.73. The van der Waals surface area contributed by atoms with E-state index in [1.165, 1.54) is 5.56 Å². The van der Waals surface area contributed by atoms with Gasteiger partial charge >= 0.3 is 0 Å². The summed E-state index contributed by atoms with van der Waals surface area (Å²) in [5, 5.41) is 18.3. The molecule has 0 fully saturated rings. The van der Waals surface area contributed by atoms with Gasteiger partial charge in [-0.25, -0.2) is 0 Å². The molecule has 1 aromatic heterocycles. The molecule has 0 aliphatic rings. The largest absolute Gasteiger partial charge is 0.356 e. The number of aromatic nitrogens is 2. The summed E-state index contributed by atoms with van der Waals surface area (Å²) in [4.78, 5) is 0. The number of thiocarbonyl (C=S) groups is 1. The van der Waals surface area contributed by atoms with Crippen molar-refractivity contribution in [2.45, 2.75) is 13.0 Å². The van der Waals surface area contributed by atoms with Crippen LogP contribution in [0.5, 0.6) is 0 Å². The molecule has 3 rings (SSSR count). The minimum atomic E-state index is 0.126. The Morgan fingerprint density at radius 1 is 0.923 bits per heavy atom. The van der Waals surface area contributed by atoms with Crippen LogP contribution >= 0.6 is 23.8 Å². The molecule has 3 aromatic rings. The van der Waals surface area contributed by atoms with Gasteiger partial charge in [-0.05, 0) is 61.1 Å². The Balaban J connectivity index is 1.55. The molecule has 0 aliphatic carbocycles. The highest BCUT2D eigenvalue weighted by molar-refractivity contribution is 7.80. The van der Waals surface area contributed by atoms with Gasteiger partial charge in [0.1, 0.15) is 0 Å². The zero-order valence-electron chi connectivity index (χ0n) is 14.1. The van der Waals surface area contributed by atoms with Crippen LogP contribution in [0.15, 0.2) is 66.7 Å². The molecule has 0 saturated carbocycles. The number of nitrogens with one attached hydrogen (secondary N) is 3. The average Bonchev–Trinajstić information content (AvgIpc) is 2.66. The fraction of sp³-hybridized carbons (Fsp3) is 0.105. The fourth-order valence-corrected chi connectivity index (χ4v) is 2.75. The highest BCUT2D eigenvalue weighted by Gasteiger charge is 2.06. The fourth-order valence-electron chi connectivity index (χ4n) is 2.36. The Morgan fingerprint density at radius 2 is 1.62 bits per heavy atom. The number of rotatable bonds is 5. The van der Waals surface area contributed by atoms with Crippen LogP contribution in [0.4, 0.5) is 17.2 Å². The molecule has 5 nitrogen and oxygen atoms in total. The number of hydrogen-bond donors (Lipinski definition) is 3. The summed E-state index contributed by atoms with van der Waals surface area (Å²) in [6.45, 7) is 2.07. The van der Waals surface area contributed by atoms with E-state index in [-0.39, 0.29) is 6.04 Å². The molecule has 1 heterocycles. The van der Waals surface area contributed by atoms with Gasteiger partial charge in [0.25, 0.3) is 0 Å². The van der Waals surface area contributed by atoms with E-state index in [0.29, 0.717) is 16.1 Å². The zero-order chi connectivity index (χ0) is 18.4. The maximum Gasteiger partial charge on any atom is 0.171 e. The van der Waals surface area contributed by atoms with Crippen LogP contribution < -0.4 is 16.0 Å². The number of hydrogen-bond acceptors (Lipinski definition) is 4. The first-order valence-corrected chi connectivity index (χ1v) is 8.87. The van der Waals surface area contributed by atoms with Crippen LogP contribution in [0.1, 0.15) is 18.5 Å². The molecule has 0 amide bonds. The minimum absolute atomic E-state index is 0.126. The topological polar surface area (TPSA) is 61.9 Å². The molecule has 0 spiro atoms. The molecule has 0 radical (unpaired) electrons. The summed E-state index contributed by atoms with van der Waals surface area (Å²) >= 11 is 11.1. The van der Waals surface area contributed by atoms with E-state index in [4.69, 9.17) is 23.8 Å². The number of nitrogens with zero attached hydrogens (tertiary/aromatic N) is 2. The van der Waals surface area contributed by atoms with E-state index in [9.17, 15) is 0 Å². The Morgan fingerprint density at radius 3 is 2.27 bits per heavy atom. The smallest absolute Gasteiger partial charge is 0.171 e. The van der Waals surface area contributed by atoms with Crippen molar-refractivity contribution >= 4 is 46.1 Å². The third-order valence-corrected chi connectivity index (χ3v) is 4.12. The predicted molar refractivity (Wildman–Crippen MR) is 111 cm³/mol. The predicted octanol–water partition coefficient (Wildman–Crippen LogP) is 4.92. The SMILES string of the molecule is CC(NC(=S)Nc1ccc(Nc2ccc(Cl)nn2)cc1)c1ccccc1. The summed E-state index contributed by atoms with van der Waals surface area (Å²) in [6.07, 6.45) is 0. The van der Waals surface area contributed by atoms with Crippen LogP contribution in [0, 0.1) is 0 Å². The highest BCUT2D eigenvalue weighted by Crippen LogP contribution is 2.18. The molecular weight excluding hydrogens is 366 g/mol. The van der Waals surface area contributed by atoms with Crippen molar-refractivity contribution < 1.29 is 0 Å². The molecule has 132 valence electrons. The Bertz CT molecular complexity index is 853. The van der Waals surface area contributed by atoms with Gasteiger partial charge in [-0.3, -0.25) is 0 Å². The molecule has 0 bridgehead atoms. The van der Waals surface area contributed by atoms with Gasteiger partial charge in [0, 0.05) is 11.4 Å². The third kappa shape index (κ3) is 5.15. The second-order valence-electron chi connectivity index (χ2n) is 5.67. The van der Waals surface area contributed by atoms with E-state index in [2.05, 4.69) is 45.2 Å². The van der Waals surface area contributed by atoms with E-state index < -0.39 is 0 Å². The lowest BCUT2D eigenvalue weighted by Gasteiger charge is -2.17. The molecule has 3 N–H and O–H groups in total. The van der Waals surface area contributed by atoms with Gasteiger partial charge in [0.2, 0.25) is 0 Å². The second-order valence-corrected chi connectivity index (χ2v) is 6.47. The van der Waals surface area contributed by atoms with E-state index in [1.807, 2.05) is 42.5 Å². The lowest BCUT2D eigenvalue weighted by atomic mass is 10.1. The van der Waals surface area contributed by atoms with Gasteiger partial charge in [0.15, 0.2) is 16.1 Å². The summed E-state index contributed by atoms with van der Waals surface area (Å²) in [5.41, 5.74) is 2.97. The molecule has 1 unspecified atom stereocenters. The Labute approximate surface area is 162 Å². The molecule has 7 heteroatoms. The van der Waals surface area contributed by atoms with Crippen molar-refractivity contribution in [3.05, 3.63) is 77.4 Å². The van der Waals surface area contributed by atoms with Crippen LogP contribution in [-0.2, 0) is 0 Å². The van der Waals surface area contributed by atoms with E-state index in [1.54, 1.807) is 12.1 Å². The summed E-state index contributed by atoms with van der Waals surface area (Å²) in [7, 11) is 0. The van der Waals surface area contributed by atoms with Gasteiger partial charge < -0.3 is 16.0 Å². The van der Waals surface area contributed by atoms with Crippen LogP contribution in [0.2, 0.25) is 5.15 Å². The van der Waals surface area contributed by atoms with Crippen molar-refractivity contribution in [1.29, 1.82) is 0 Å². The number of benzene rings is 2. The summed E-state index contributed by atoms with van der Waals surface area (Å²) < 4.78 is 0. The number of halogens is 1. The van der Waals surface area contributed by atoms with Gasteiger partial charge in [-0.2, -0.15) is 0 Å². The monoisotopic (exact) mass is 383 g/mol. The van der Waals surface area contributed by atoms with Crippen LogP contribution in [0.3, 0.4) is 0 Å². The quantitative estimate of drug-likeness (QED) is 0.543. The van der Waals surface area contributed by atoms with Gasteiger partial charge in [0.05, 0.1) is 6.04 Å². The summed E-state index contributed by atoms with van der Waals surface area (Å²) in [5.74, 6) is 0.629. The highest BCUT2D eigenvalue weighted by atomic mass is 35.5.